The summed E-state index contributed by atoms with van der Waals surface area (Å²) in [5, 5.41) is 10.4. The molecule has 0 saturated carbocycles. The van der Waals surface area contributed by atoms with Crippen molar-refractivity contribution in [2.24, 2.45) is 0 Å². The summed E-state index contributed by atoms with van der Waals surface area (Å²) in [6.07, 6.45) is 2.02. The Bertz CT molecular complexity index is 1060. The monoisotopic (exact) mass is 406 g/mol. The van der Waals surface area contributed by atoms with Crippen molar-refractivity contribution in [2.75, 3.05) is 0 Å². The first-order chi connectivity index (χ1) is 15.1. The van der Waals surface area contributed by atoms with E-state index in [4.69, 9.17) is 4.89 Å². The zero-order valence-corrected chi connectivity index (χ0v) is 17.8. The first kappa shape index (κ1) is 20.8. The molecule has 0 bridgehead atoms. The maximum atomic E-state index is 10.4. The molecule has 1 N–H and O–H groups in total. The zero-order valence-electron chi connectivity index (χ0n) is 17.8. The van der Waals surface area contributed by atoms with E-state index in [-0.39, 0.29) is 0 Å². The van der Waals surface area contributed by atoms with E-state index in [1.54, 1.807) is 0 Å². The van der Waals surface area contributed by atoms with Gasteiger partial charge < -0.3 is 0 Å². The van der Waals surface area contributed by atoms with Crippen LogP contribution in [0.2, 0.25) is 0 Å². The fourth-order valence-electron chi connectivity index (χ4n) is 3.84. The largest absolute Gasteiger partial charge is 0.250 e. The lowest BCUT2D eigenvalue weighted by Crippen LogP contribution is -2.28. The number of hydrogen-bond donors (Lipinski definition) is 1. The fourth-order valence-corrected chi connectivity index (χ4v) is 3.84. The third-order valence-corrected chi connectivity index (χ3v) is 5.62. The van der Waals surface area contributed by atoms with E-state index in [0.29, 0.717) is 0 Å². The van der Waals surface area contributed by atoms with Gasteiger partial charge in [-0.1, -0.05) is 120 Å². The SMILES string of the molecule is Cc1ccc(C(=CC(OO)(c2ccccc2)c2ccccc2)c2ccc(C)cc2)cc1. The summed E-state index contributed by atoms with van der Waals surface area (Å²) in [7, 11) is 0. The second-order valence-corrected chi connectivity index (χ2v) is 7.85. The van der Waals surface area contributed by atoms with Gasteiger partial charge in [0.05, 0.1) is 0 Å². The summed E-state index contributed by atoms with van der Waals surface area (Å²) in [5.74, 6) is 0. The van der Waals surface area contributed by atoms with Crippen molar-refractivity contribution >= 4 is 5.57 Å². The topological polar surface area (TPSA) is 29.5 Å². The molecule has 31 heavy (non-hydrogen) atoms. The Balaban J connectivity index is 2.01. The molecule has 0 fully saturated rings. The Morgan fingerprint density at radius 3 is 1.35 bits per heavy atom. The molecule has 0 radical (unpaired) electrons. The van der Waals surface area contributed by atoms with Gasteiger partial charge in [0, 0.05) is 0 Å². The Kier molecular flexibility index (Phi) is 6.13. The van der Waals surface area contributed by atoms with E-state index in [1.165, 1.54) is 11.1 Å². The highest BCUT2D eigenvalue weighted by atomic mass is 17.1. The number of hydrogen-bond acceptors (Lipinski definition) is 2. The average molecular weight is 407 g/mol. The highest BCUT2D eigenvalue weighted by molar-refractivity contribution is 5.81. The van der Waals surface area contributed by atoms with Gasteiger partial charge in [-0.25, -0.2) is 4.89 Å². The molecule has 0 amide bonds. The van der Waals surface area contributed by atoms with Crippen LogP contribution in [0.15, 0.2) is 115 Å². The van der Waals surface area contributed by atoms with Crippen LogP contribution in [0, 0.1) is 13.8 Å². The molecule has 0 saturated heterocycles. The summed E-state index contributed by atoms with van der Waals surface area (Å²) >= 11 is 0. The van der Waals surface area contributed by atoms with Crippen LogP contribution in [-0.2, 0) is 10.5 Å². The Labute approximate surface area is 184 Å². The third-order valence-electron chi connectivity index (χ3n) is 5.62. The van der Waals surface area contributed by atoms with Crippen molar-refractivity contribution in [1.29, 1.82) is 0 Å². The standard InChI is InChI=1S/C29H26O2/c1-22-13-17-24(18-14-22)28(25-19-15-23(2)16-20-25)21-29(31-30,26-9-5-3-6-10-26)27-11-7-4-8-12-27/h3-21,30H,1-2H3. The first-order valence-corrected chi connectivity index (χ1v) is 10.4. The summed E-state index contributed by atoms with van der Waals surface area (Å²) < 4.78 is 0. The van der Waals surface area contributed by atoms with Crippen molar-refractivity contribution in [1.82, 2.24) is 0 Å². The van der Waals surface area contributed by atoms with Gasteiger partial charge in [0.25, 0.3) is 0 Å². The predicted molar refractivity (Wildman–Crippen MR) is 127 cm³/mol. The number of aryl methyl sites for hydroxylation is 2. The second kappa shape index (κ2) is 9.13. The highest BCUT2D eigenvalue weighted by Crippen LogP contribution is 2.39. The third kappa shape index (κ3) is 4.36. The quantitative estimate of drug-likeness (QED) is 0.272. The van der Waals surface area contributed by atoms with Crippen molar-refractivity contribution in [3.8, 4) is 0 Å². The first-order valence-electron chi connectivity index (χ1n) is 10.4. The Hall–Kier alpha value is -3.46. The van der Waals surface area contributed by atoms with Crippen molar-refractivity contribution in [3.63, 3.8) is 0 Å². The van der Waals surface area contributed by atoms with Crippen LogP contribution in [0.3, 0.4) is 0 Å². The van der Waals surface area contributed by atoms with E-state index >= 15 is 0 Å². The molecule has 2 heteroatoms. The summed E-state index contributed by atoms with van der Waals surface area (Å²) in [6.45, 7) is 4.15. The maximum absolute atomic E-state index is 10.4. The van der Waals surface area contributed by atoms with Crippen molar-refractivity contribution in [2.45, 2.75) is 19.4 Å². The van der Waals surface area contributed by atoms with E-state index in [2.05, 4.69) is 62.4 Å². The van der Waals surface area contributed by atoms with Gasteiger partial charge in [0.15, 0.2) is 5.60 Å². The van der Waals surface area contributed by atoms with Gasteiger partial charge in [-0.2, -0.15) is 0 Å². The maximum Gasteiger partial charge on any atom is 0.172 e. The molecule has 0 aromatic heterocycles. The summed E-state index contributed by atoms with van der Waals surface area (Å²) in [4.78, 5) is 5.35. The van der Waals surface area contributed by atoms with Gasteiger partial charge in [-0.3, -0.25) is 5.26 Å². The molecule has 0 aliphatic carbocycles. The van der Waals surface area contributed by atoms with E-state index in [0.717, 1.165) is 27.8 Å². The Morgan fingerprint density at radius 1 is 0.613 bits per heavy atom. The van der Waals surface area contributed by atoms with Crippen molar-refractivity contribution in [3.05, 3.63) is 149 Å². The van der Waals surface area contributed by atoms with E-state index in [9.17, 15) is 5.26 Å². The summed E-state index contributed by atoms with van der Waals surface area (Å²) in [5.41, 5.74) is 6.03. The molecule has 4 aromatic carbocycles. The molecule has 0 atom stereocenters. The normalized spacial score (nSPS) is 11.2. The predicted octanol–water partition coefficient (Wildman–Crippen LogP) is 7.17. The molecule has 0 aliphatic heterocycles. The van der Waals surface area contributed by atoms with E-state index in [1.807, 2.05) is 66.7 Å². The van der Waals surface area contributed by atoms with Crippen LogP contribution in [0.4, 0.5) is 0 Å². The minimum absolute atomic E-state index is 0.848. The van der Waals surface area contributed by atoms with Gasteiger partial charge in [0.2, 0.25) is 0 Å². The lowest BCUT2D eigenvalue weighted by atomic mass is 9.82. The average Bonchev–Trinajstić information content (AvgIpc) is 2.83. The molecule has 0 heterocycles. The van der Waals surface area contributed by atoms with Gasteiger partial charge >= 0.3 is 0 Å². The highest BCUT2D eigenvalue weighted by Gasteiger charge is 2.35. The van der Waals surface area contributed by atoms with Crippen molar-refractivity contribution < 1.29 is 10.1 Å². The van der Waals surface area contributed by atoms with Crippen LogP contribution in [0.25, 0.3) is 5.57 Å². The van der Waals surface area contributed by atoms with Gasteiger partial charge in [-0.05, 0) is 47.8 Å². The lowest BCUT2D eigenvalue weighted by Gasteiger charge is -2.30. The van der Waals surface area contributed by atoms with Crippen LogP contribution in [0.5, 0.6) is 0 Å². The number of rotatable bonds is 6. The van der Waals surface area contributed by atoms with Crippen LogP contribution in [-0.4, -0.2) is 5.26 Å². The molecule has 0 aliphatic rings. The molecule has 4 aromatic rings. The van der Waals surface area contributed by atoms with E-state index < -0.39 is 5.60 Å². The van der Waals surface area contributed by atoms with Crippen LogP contribution < -0.4 is 0 Å². The van der Waals surface area contributed by atoms with Gasteiger partial charge in [0.1, 0.15) is 0 Å². The minimum atomic E-state index is -1.16. The Morgan fingerprint density at radius 2 is 1.00 bits per heavy atom. The molecule has 2 nitrogen and oxygen atoms in total. The number of benzene rings is 4. The molecule has 0 unspecified atom stereocenters. The molecule has 4 rings (SSSR count). The van der Waals surface area contributed by atoms with Crippen LogP contribution >= 0.6 is 0 Å². The molecule has 154 valence electrons. The zero-order chi connectivity index (χ0) is 21.7. The molecular formula is C29H26O2. The summed E-state index contributed by atoms with van der Waals surface area (Å²) in [6, 6.07) is 36.5. The van der Waals surface area contributed by atoms with Crippen LogP contribution in [0.1, 0.15) is 33.4 Å². The smallest absolute Gasteiger partial charge is 0.172 e. The second-order valence-electron chi connectivity index (χ2n) is 7.85. The fraction of sp³-hybridized carbons (Fsp3) is 0.103. The molecular weight excluding hydrogens is 380 g/mol. The molecule has 0 spiro atoms. The lowest BCUT2D eigenvalue weighted by molar-refractivity contribution is -0.299. The van der Waals surface area contributed by atoms with Gasteiger partial charge in [-0.15, -0.1) is 0 Å². The minimum Gasteiger partial charge on any atom is -0.250 e.